The van der Waals surface area contributed by atoms with Crippen molar-refractivity contribution in [3.63, 3.8) is 0 Å². The fraction of sp³-hybridized carbons (Fsp3) is 0.792. The molecule has 0 aromatic heterocycles. The van der Waals surface area contributed by atoms with E-state index in [4.69, 9.17) is 19.1 Å². The Bertz CT molecular complexity index is 1200. The number of hydrogen-bond acceptors (Lipinski definition) is 11. The number of rotatable bonds is 43. The number of phosphoric ester groups is 1. The number of ether oxygens (including phenoxy) is 2. The van der Waals surface area contributed by atoms with E-state index < -0.39 is 70.6 Å². The number of carbonyl (C=O) groups excluding carboxylic acids is 2. The van der Waals surface area contributed by atoms with E-state index in [0.29, 0.717) is 25.7 Å². The molecular weight excluding hydrogens is 799 g/mol. The van der Waals surface area contributed by atoms with Crippen molar-refractivity contribution in [2.24, 2.45) is 5.92 Å². The van der Waals surface area contributed by atoms with Gasteiger partial charge in [-0.05, 0) is 44.4 Å². The van der Waals surface area contributed by atoms with Crippen LogP contribution in [-0.4, -0.2) is 88.1 Å². The van der Waals surface area contributed by atoms with Gasteiger partial charge < -0.3 is 34.8 Å². The normalized spacial score (nSPS) is 15.3. The summed E-state index contributed by atoms with van der Waals surface area (Å²) in [6, 6.07) is 0. The van der Waals surface area contributed by atoms with Crippen LogP contribution in [0, 0.1) is 5.92 Å². The van der Waals surface area contributed by atoms with E-state index in [0.717, 1.165) is 38.0 Å². The third-order valence-electron chi connectivity index (χ3n) is 10.1. The first kappa shape index (κ1) is 58.9. The SMILES string of the molecule is CCCCC/C=C\C[C@@H](O)/C=C/C=C/C=C\[C@@H](O)CCCC(=O)OC[C@H](COP(=O)(O)OC[C@@H](O)CO)OC(=O)CCCCCCCCCCCCCCCCCCC(C)C. The van der Waals surface area contributed by atoms with Crippen molar-refractivity contribution < 1.29 is 58.0 Å². The summed E-state index contributed by atoms with van der Waals surface area (Å²) in [5.74, 6) is -0.340. The van der Waals surface area contributed by atoms with Crippen molar-refractivity contribution in [1.82, 2.24) is 0 Å². The molecule has 0 aromatic rings. The van der Waals surface area contributed by atoms with Crippen LogP contribution in [0.2, 0.25) is 0 Å². The molecule has 0 rings (SSSR count). The van der Waals surface area contributed by atoms with Gasteiger partial charge in [0.25, 0.3) is 0 Å². The molecule has 0 aliphatic carbocycles. The van der Waals surface area contributed by atoms with Crippen LogP contribution in [0.5, 0.6) is 0 Å². The monoisotopic (exact) mass is 887 g/mol. The van der Waals surface area contributed by atoms with Gasteiger partial charge in [-0.1, -0.05) is 185 Å². The summed E-state index contributed by atoms with van der Waals surface area (Å²) < 4.78 is 32.6. The zero-order chi connectivity index (χ0) is 45.2. The Hall–Kier alpha value is -2.15. The molecule has 0 radical (unpaired) electrons. The van der Waals surface area contributed by atoms with Gasteiger partial charge in [0.05, 0.1) is 32.0 Å². The molecule has 1 unspecified atom stereocenters. The third-order valence-corrected chi connectivity index (χ3v) is 11.1. The minimum absolute atomic E-state index is 0.0184. The average molecular weight is 887 g/mol. The van der Waals surface area contributed by atoms with Gasteiger partial charge in [-0.15, -0.1) is 0 Å². The van der Waals surface area contributed by atoms with Gasteiger partial charge in [-0.3, -0.25) is 18.6 Å². The molecule has 0 aromatic carbocycles. The number of aliphatic hydroxyl groups excluding tert-OH is 4. The number of allylic oxidation sites excluding steroid dienone is 5. The predicted octanol–water partition coefficient (Wildman–Crippen LogP) is 10.7. The summed E-state index contributed by atoms with van der Waals surface area (Å²) in [4.78, 5) is 35.1. The van der Waals surface area contributed by atoms with Gasteiger partial charge in [0.15, 0.2) is 6.10 Å². The van der Waals surface area contributed by atoms with Crippen molar-refractivity contribution in [3.8, 4) is 0 Å². The lowest BCUT2D eigenvalue weighted by atomic mass is 10.0. The topological polar surface area (TPSA) is 189 Å². The third kappa shape index (κ3) is 42.9. The number of aliphatic hydroxyl groups is 4. The van der Waals surface area contributed by atoms with Crippen LogP contribution in [0.3, 0.4) is 0 Å². The molecule has 61 heavy (non-hydrogen) atoms. The lowest BCUT2D eigenvalue weighted by Crippen LogP contribution is -2.30. The van der Waals surface area contributed by atoms with E-state index in [1.54, 1.807) is 36.5 Å². The van der Waals surface area contributed by atoms with Crippen LogP contribution in [0.4, 0.5) is 0 Å². The Morgan fingerprint density at radius 3 is 1.67 bits per heavy atom. The maximum Gasteiger partial charge on any atom is 0.472 e. The van der Waals surface area contributed by atoms with Crippen LogP contribution >= 0.6 is 7.82 Å². The molecule has 0 heterocycles. The van der Waals surface area contributed by atoms with E-state index in [1.165, 1.54) is 96.3 Å². The number of esters is 2. The van der Waals surface area contributed by atoms with Crippen molar-refractivity contribution in [2.75, 3.05) is 26.4 Å². The molecule has 0 saturated heterocycles. The molecule has 0 fully saturated rings. The Balaban J connectivity index is 4.46. The molecular formula is C48H87O12P. The van der Waals surface area contributed by atoms with Crippen molar-refractivity contribution in [2.45, 2.75) is 212 Å². The van der Waals surface area contributed by atoms with E-state index in [1.807, 2.05) is 6.08 Å². The second-order valence-electron chi connectivity index (χ2n) is 16.7. The summed E-state index contributed by atoms with van der Waals surface area (Å²) in [5, 5.41) is 38.7. The highest BCUT2D eigenvalue weighted by molar-refractivity contribution is 7.47. The van der Waals surface area contributed by atoms with Gasteiger partial charge in [0.1, 0.15) is 12.7 Å². The molecule has 12 nitrogen and oxygen atoms in total. The van der Waals surface area contributed by atoms with Crippen LogP contribution in [0.1, 0.15) is 188 Å². The molecule has 0 amide bonds. The van der Waals surface area contributed by atoms with Crippen molar-refractivity contribution in [3.05, 3.63) is 48.6 Å². The fourth-order valence-corrected chi connectivity index (χ4v) is 7.16. The smallest absolute Gasteiger partial charge is 0.462 e. The minimum Gasteiger partial charge on any atom is -0.462 e. The highest BCUT2D eigenvalue weighted by atomic mass is 31.2. The van der Waals surface area contributed by atoms with Gasteiger partial charge in [0.2, 0.25) is 0 Å². The molecule has 356 valence electrons. The quantitative estimate of drug-likeness (QED) is 0.0128. The van der Waals surface area contributed by atoms with E-state index in [9.17, 15) is 34.4 Å². The largest absolute Gasteiger partial charge is 0.472 e. The Labute approximate surface area is 369 Å². The first-order valence-electron chi connectivity index (χ1n) is 23.7. The second kappa shape index (κ2) is 41.8. The van der Waals surface area contributed by atoms with Crippen LogP contribution in [0.15, 0.2) is 48.6 Å². The first-order valence-corrected chi connectivity index (χ1v) is 25.2. The van der Waals surface area contributed by atoms with Crippen LogP contribution in [0.25, 0.3) is 0 Å². The summed E-state index contributed by atoms with van der Waals surface area (Å²) in [6.45, 7) is 4.40. The molecule has 0 aliphatic rings. The molecule has 0 aliphatic heterocycles. The first-order chi connectivity index (χ1) is 29.4. The number of hydrogen-bond donors (Lipinski definition) is 5. The average Bonchev–Trinajstić information content (AvgIpc) is 3.22. The molecule has 0 spiro atoms. The summed E-state index contributed by atoms with van der Waals surface area (Å²) in [5.41, 5.74) is 0. The standard InChI is InChI=1S/C48H87O12P/c1-4-5-6-7-21-26-32-43(50)33-27-23-24-28-34-44(51)35-30-37-47(53)57-40-46(41-59-61(55,56)58-39-45(52)38-49)60-48(54)36-29-22-19-17-15-13-11-9-8-10-12-14-16-18-20-25-31-42(2)3/h21,23-24,26-28,33-34,42-46,49-52H,4-20,22,25,29-32,35-41H2,1-3H3,(H,55,56)/b24-23+,26-21-,33-27+,34-28-/t43-,44-,45+,46-/m1/s1. The molecule has 13 heteroatoms. The fourth-order valence-electron chi connectivity index (χ4n) is 6.37. The summed E-state index contributed by atoms with van der Waals surface area (Å²) in [7, 11) is -4.68. The highest BCUT2D eigenvalue weighted by Gasteiger charge is 2.27. The number of carbonyl (C=O) groups is 2. The Kier molecular flexibility index (Phi) is 40.4. The zero-order valence-electron chi connectivity index (χ0n) is 38.3. The van der Waals surface area contributed by atoms with E-state index in [-0.39, 0.29) is 12.8 Å². The Morgan fingerprint density at radius 1 is 0.590 bits per heavy atom. The van der Waals surface area contributed by atoms with Gasteiger partial charge in [-0.2, -0.15) is 0 Å². The van der Waals surface area contributed by atoms with Crippen molar-refractivity contribution >= 4 is 19.8 Å². The van der Waals surface area contributed by atoms with E-state index in [2.05, 4.69) is 31.4 Å². The van der Waals surface area contributed by atoms with Crippen LogP contribution in [-0.2, 0) is 32.7 Å². The Morgan fingerprint density at radius 2 is 1.11 bits per heavy atom. The van der Waals surface area contributed by atoms with Crippen LogP contribution < -0.4 is 0 Å². The van der Waals surface area contributed by atoms with Crippen molar-refractivity contribution in [1.29, 1.82) is 0 Å². The second-order valence-corrected chi connectivity index (χ2v) is 18.1. The minimum atomic E-state index is -4.68. The molecule has 0 bridgehead atoms. The lowest BCUT2D eigenvalue weighted by Gasteiger charge is -2.20. The lowest BCUT2D eigenvalue weighted by molar-refractivity contribution is -0.161. The maximum atomic E-state index is 12.7. The maximum absolute atomic E-state index is 12.7. The number of unbranched alkanes of at least 4 members (excludes halogenated alkanes) is 18. The zero-order valence-corrected chi connectivity index (χ0v) is 39.2. The number of phosphoric acid groups is 1. The summed E-state index contributed by atoms with van der Waals surface area (Å²) >= 11 is 0. The predicted molar refractivity (Wildman–Crippen MR) is 245 cm³/mol. The summed E-state index contributed by atoms with van der Waals surface area (Å²) in [6.07, 6.45) is 37.1. The van der Waals surface area contributed by atoms with Gasteiger partial charge in [0, 0.05) is 12.8 Å². The highest BCUT2D eigenvalue weighted by Crippen LogP contribution is 2.43. The molecule has 0 saturated carbocycles. The molecule has 5 N–H and O–H groups in total. The van der Waals surface area contributed by atoms with Gasteiger partial charge in [-0.25, -0.2) is 4.57 Å². The molecule has 5 atom stereocenters. The van der Waals surface area contributed by atoms with Gasteiger partial charge >= 0.3 is 19.8 Å². The van der Waals surface area contributed by atoms with E-state index >= 15 is 0 Å².